The zero-order valence-electron chi connectivity index (χ0n) is 33.5. The Kier molecular flexibility index (Phi) is 10.9. The number of hydrogen-bond acceptors (Lipinski definition) is 5. The first-order valence-electron chi connectivity index (χ1n) is 20.5. The van der Waals surface area contributed by atoms with E-state index in [0.29, 0.717) is 25.3 Å². The number of anilines is 1. The van der Waals surface area contributed by atoms with Crippen molar-refractivity contribution in [2.24, 2.45) is 17.8 Å². The smallest absolute Gasteiger partial charge is 0.261 e. The third-order valence-electron chi connectivity index (χ3n) is 12.5. The number of imide groups is 1. The molecule has 5 aromatic rings. The van der Waals surface area contributed by atoms with Crippen LogP contribution in [0.15, 0.2) is 144 Å². The van der Waals surface area contributed by atoms with E-state index in [1.165, 1.54) is 20.8 Å². The lowest BCUT2D eigenvalue weighted by Crippen LogP contribution is -2.66. The highest BCUT2D eigenvalue weighted by Crippen LogP contribution is 2.51. The molecule has 292 valence electrons. The van der Waals surface area contributed by atoms with Crippen molar-refractivity contribution in [3.63, 3.8) is 0 Å². The maximum Gasteiger partial charge on any atom is 0.261 e. The number of carbonyl (C=O) groups is 2. The van der Waals surface area contributed by atoms with Gasteiger partial charge in [-0.2, -0.15) is 0 Å². The Morgan fingerprint density at radius 1 is 0.789 bits per heavy atom. The minimum absolute atomic E-state index is 0.124. The fourth-order valence-corrected chi connectivity index (χ4v) is 14.5. The molecule has 1 N–H and O–H groups in total. The van der Waals surface area contributed by atoms with Gasteiger partial charge in [0.25, 0.3) is 8.32 Å². The van der Waals surface area contributed by atoms with Crippen LogP contribution < -0.4 is 15.3 Å². The van der Waals surface area contributed by atoms with Gasteiger partial charge >= 0.3 is 0 Å². The quantitative estimate of drug-likeness (QED) is 0.0777. The van der Waals surface area contributed by atoms with Crippen molar-refractivity contribution < 1.29 is 23.9 Å². The third-order valence-corrected chi connectivity index (χ3v) is 17.5. The summed E-state index contributed by atoms with van der Waals surface area (Å²) in [7, 11) is -2.91. The molecule has 2 saturated heterocycles. The highest BCUT2D eigenvalue weighted by Gasteiger charge is 2.58. The van der Waals surface area contributed by atoms with Gasteiger partial charge in [0, 0.05) is 11.3 Å². The number of para-hydroxylation sites is 1. The van der Waals surface area contributed by atoms with Crippen molar-refractivity contribution in [1.82, 2.24) is 0 Å². The van der Waals surface area contributed by atoms with E-state index >= 15 is 0 Å². The van der Waals surface area contributed by atoms with Crippen LogP contribution in [-0.4, -0.2) is 44.6 Å². The number of nitrogens with zero attached hydrogens (tertiary/aromatic N) is 1. The number of fused-ring (bicyclic) bond motifs is 4. The lowest BCUT2D eigenvalue weighted by molar-refractivity contribution is -0.122. The van der Waals surface area contributed by atoms with Gasteiger partial charge in [-0.3, -0.25) is 14.5 Å². The Morgan fingerprint density at radius 2 is 1.40 bits per heavy atom. The van der Waals surface area contributed by atoms with Crippen LogP contribution in [0.3, 0.4) is 0 Å². The van der Waals surface area contributed by atoms with Crippen LogP contribution in [0.1, 0.15) is 65.4 Å². The average Bonchev–Trinajstić information content (AvgIpc) is 3.76. The van der Waals surface area contributed by atoms with Crippen molar-refractivity contribution >= 4 is 53.0 Å². The number of rotatable bonds is 12. The summed E-state index contributed by atoms with van der Waals surface area (Å²) in [4.78, 5) is 30.1. The van der Waals surface area contributed by atoms with Gasteiger partial charge < -0.3 is 14.3 Å². The molecular weight excluding hydrogens is 723 g/mol. The Balaban J connectivity index is 1.18. The van der Waals surface area contributed by atoms with Crippen molar-refractivity contribution in [3.05, 3.63) is 150 Å². The number of benzene rings is 5. The fourth-order valence-electron chi connectivity index (χ4n) is 9.95. The first kappa shape index (κ1) is 38.8. The topological polar surface area (TPSA) is 76.1 Å². The second kappa shape index (κ2) is 16.0. The molecule has 57 heavy (non-hydrogen) atoms. The first-order valence-corrected chi connectivity index (χ1v) is 22.4. The molecule has 2 fully saturated rings. The summed E-state index contributed by atoms with van der Waals surface area (Å²) in [6, 6.07) is 42.5. The van der Waals surface area contributed by atoms with Crippen molar-refractivity contribution in [3.8, 4) is 5.75 Å². The van der Waals surface area contributed by atoms with E-state index in [9.17, 15) is 14.7 Å². The number of phenols is 1. The molecule has 0 unspecified atom stereocenters. The van der Waals surface area contributed by atoms with Gasteiger partial charge in [0.1, 0.15) is 5.75 Å². The van der Waals surface area contributed by atoms with Crippen molar-refractivity contribution in [2.45, 2.75) is 70.9 Å². The molecule has 2 aliphatic heterocycles. The molecule has 7 heteroatoms. The van der Waals surface area contributed by atoms with Gasteiger partial charge in [-0.25, -0.2) is 0 Å². The maximum atomic E-state index is 14.4. The summed E-state index contributed by atoms with van der Waals surface area (Å²) < 4.78 is 14.3. The Labute approximate surface area is 338 Å². The first-order chi connectivity index (χ1) is 27.6. The summed E-state index contributed by atoms with van der Waals surface area (Å²) in [5.74, 6) is -1.10. The molecule has 0 aromatic heterocycles. The third kappa shape index (κ3) is 7.11. The van der Waals surface area contributed by atoms with Crippen LogP contribution in [0.4, 0.5) is 5.69 Å². The molecule has 0 saturated carbocycles. The lowest BCUT2D eigenvalue weighted by atomic mass is 9.69. The van der Waals surface area contributed by atoms with E-state index < -0.39 is 20.2 Å². The normalized spacial score (nSPS) is 21.3. The molecule has 3 aliphatic rings. The van der Waals surface area contributed by atoms with Gasteiger partial charge in [0.15, 0.2) is 0 Å². The van der Waals surface area contributed by atoms with Crippen LogP contribution in [0.5, 0.6) is 5.75 Å². The molecule has 0 radical (unpaired) electrons. The predicted molar refractivity (Wildman–Crippen MR) is 232 cm³/mol. The van der Waals surface area contributed by atoms with Gasteiger partial charge in [0.05, 0.1) is 36.8 Å². The zero-order chi connectivity index (χ0) is 39.7. The second-order valence-electron chi connectivity index (χ2n) is 16.9. The van der Waals surface area contributed by atoms with Gasteiger partial charge in [-0.15, -0.1) is 0 Å². The van der Waals surface area contributed by atoms with Crippen molar-refractivity contribution in [1.29, 1.82) is 0 Å². The van der Waals surface area contributed by atoms with E-state index in [-0.39, 0.29) is 34.6 Å². The molecule has 0 bridgehead atoms. The van der Waals surface area contributed by atoms with Crippen LogP contribution in [0, 0.1) is 17.8 Å². The molecule has 5 aromatic carbocycles. The number of amides is 2. The predicted octanol–water partition coefficient (Wildman–Crippen LogP) is 9.61. The summed E-state index contributed by atoms with van der Waals surface area (Å²) in [6.45, 7) is 9.83. The number of phenolic OH excluding ortho intramolecular Hbond substituents is 1. The summed E-state index contributed by atoms with van der Waals surface area (Å²) in [5.41, 5.74) is 5.31. The number of carbonyl (C=O) groups excluding carboxylic acids is 2. The molecule has 6 nitrogen and oxygen atoms in total. The molecule has 2 amide bonds. The second-order valence-corrected chi connectivity index (χ2v) is 21.2. The Bertz CT molecular complexity index is 2270. The fraction of sp³-hybridized carbons (Fsp3) is 0.320. The SMILES string of the molecule is CCC/C(=C\c1ccc(O)c2ccccc12)CC[C@H]1OC[C@H]2C1=C(CO[Si](c1ccccc1)(c1ccccc1)C(C)(C)C)C[C@H]1C(=O)N(c3ccccc3)C(=O)[C@H]12. The highest BCUT2D eigenvalue weighted by molar-refractivity contribution is 6.99. The standard InChI is InChI=1S/C50H53NO5Si/c1-5-17-34(30-35-27-28-44(52)41-25-16-15-24-40(35)41)26-29-45-46-36(31-42-47(43(46)33-55-45)49(54)51(48(42)53)37-18-9-6-10-19-37)32-56-57(50(2,3)4,38-20-11-7-12-21-38)39-22-13-8-14-23-39/h6-16,18-25,27-28,30,42-43,45,47,52H,5,17,26,29,31-33H2,1-4H3/b34-30+/t42-,43+,45-,47-/m1/s1. The van der Waals surface area contributed by atoms with Gasteiger partial charge in [0.2, 0.25) is 11.8 Å². The Hall–Kier alpha value is -5.08. The van der Waals surface area contributed by atoms with Crippen LogP contribution in [0.2, 0.25) is 5.04 Å². The molecule has 4 atom stereocenters. The highest BCUT2D eigenvalue weighted by atomic mass is 28.4. The number of allylic oxidation sites excluding steroid dienone is 1. The summed E-state index contributed by atoms with van der Waals surface area (Å²) in [5, 5.41) is 14.6. The number of ether oxygens (including phenoxy) is 1. The van der Waals surface area contributed by atoms with E-state index in [0.717, 1.165) is 53.2 Å². The molecule has 2 heterocycles. The minimum atomic E-state index is -2.91. The maximum absolute atomic E-state index is 14.4. The average molecular weight is 776 g/mol. The van der Waals surface area contributed by atoms with E-state index in [1.54, 1.807) is 6.07 Å². The van der Waals surface area contributed by atoms with Crippen LogP contribution in [0.25, 0.3) is 16.8 Å². The number of aromatic hydroxyl groups is 1. The summed E-state index contributed by atoms with van der Waals surface area (Å²) in [6.07, 6.45) is 6.10. The van der Waals surface area contributed by atoms with Crippen molar-refractivity contribution in [2.75, 3.05) is 18.1 Å². The molecule has 8 rings (SSSR count). The van der Waals surface area contributed by atoms with Gasteiger partial charge in [-0.05, 0) is 81.4 Å². The van der Waals surface area contributed by atoms with Gasteiger partial charge in [-0.1, -0.05) is 155 Å². The van der Waals surface area contributed by atoms with Crippen LogP contribution >= 0.6 is 0 Å². The molecule has 0 spiro atoms. The van der Waals surface area contributed by atoms with E-state index in [2.05, 4.69) is 101 Å². The minimum Gasteiger partial charge on any atom is -0.507 e. The lowest BCUT2D eigenvalue weighted by Gasteiger charge is -2.44. The largest absolute Gasteiger partial charge is 0.507 e. The summed E-state index contributed by atoms with van der Waals surface area (Å²) >= 11 is 0. The van der Waals surface area contributed by atoms with E-state index in [1.807, 2.05) is 54.6 Å². The van der Waals surface area contributed by atoms with Crippen LogP contribution in [-0.2, 0) is 18.8 Å². The monoisotopic (exact) mass is 775 g/mol. The molecular formula is C50H53NO5Si. The zero-order valence-corrected chi connectivity index (χ0v) is 34.5. The van der Waals surface area contributed by atoms with E-state index in [4.69, 9.17) is 9.16 Å². The number of hydrogen-bond donors (Lipinski definition) is 1. The Morgan fingerprint density at radius 3 is 2.04 bits per heavy atom. The molecule has 1 aliphatic carbocycles.